The van der Waals surface area contributed by atoms with E-state index in [4.69, 9.17) is 5.11 Å². The zero-order valence-corrected chi connectivity index (χ0v) is 14.5. The molecule has 2 aromatic carbocycles. The van der Waals surface area contributed by atoms with Crippen LogP contribution in [0.4, 0.5) is 5.69 Å². The predicted octanol–water partition coefficient (Wildman–Crippen LogP) is 2.32. The number of rotatable bonds is 5. The van der Waals surface area contributed by atoms with Gasteiger partial charge in [-0.25, -0.2) is 4.79 Å². The van der Waals surface area contributed by atoms with Crippen LogP contribution in [-0.2, 0) is 22.6 Å². The number of carboxylic acids is 1. The fraction of sp³-hybridized carbons (Fsp3) is 0.250. The molecule has 0 aromatic heterocycles. The highest BCUT2D eigenvalue weighted by atomic mass is 16.4. The van der Waals surface area contributed by atoms with Crippen LogP contribution in [0.3, 0.4) is 0 Å². The number of aryl methyl sites for hydroxylation is 1. The Hall–Kier alpha value is -3.15. The van der Waals surface area contributed by atoms with Crippen molar-refractivity contribution in [3.63, 3.8) is 0 Å². The summed E-state index contributed by atoms with van der Waals surface area (Å²) in [6, 6.07) is 14.0. The molecule has 0 aliphatic carbocycles. The summed E-state index contributed by atoms with van der Waals surface area (Å²) in [7, 11) is 1.67. The predicted molar refractivity (Wildman–Crippen MR) is 97.0 cm³/mol. The van der Waals surface area contributed by atoms with Gasteiger partial charge in [0.25, 0.3) is 0 Å². The molecule has 2 amide bonds. The molecule has 2 aromatic rings. The number of hydrogen-bond donors (Lipinski definition) is 1. The number of anilines is 1. The maximum absolute atomic E-state index is 12.6. The Morgan fingerprint density at radius 1 is 1.08 bits per heavy atom. The van der Waals surface area contributed by atoms with Gasteiger partial charge in [0.05, 0.1) is 5.56 Å². The Kier molecular flexibility index (Phi) is 5.02. The monoisotopic (exact) mass is 352 g/mol. The number of nitrogens with zero attached hydrogens (tertiary/aromatic N) is 2. The number of fused-ring (bicyclic) bond motifs is 1. The van der Waals surface area contributed by atoms with Gasteiger partial charge in [-0.3, -0.25) is 9.59 Å². The standard InChI is InChI=1S/C20H20N2O4/c1-21(12-14-6-8-16(9-7-14)20(25)26)19(24)13-22-17-5-3-2-4-15(17)10-11-18(22)23/h2-9H,10-13H2,1H3,(H,25,26). The summed E-state index contributed by atoms with van der Waals surface area (Å²) in [4.78, 5) is 38.8. The van der Waals surface area contributed by atoms with Crippen LogP contribution in [0.2, 0.25) is 0 Å². The van der Waals surface area contributed by atoms with E-state index in [0.717, 1.165) is 16.8 Å². The molecule has 6 nitrogen and oxygen atoms in total. The molecular weight excluding hydrogens is 332 g/mol. The minimum atomic E-state index is -0.983. The highest BCUT2D eigenvalue weighted by molar-refractivity contribution is 6.01. The normalized spacial score (nSPS) is 13.3. The van der Waals surface area contributed by atoms with Crippen LogP contribution >= 0.6 is 0 Å². The van der Waals surface area contributed by atoms with Crippen molar-refractivity contribution in [2.24, 2.45) is 0 Å². The second-order valence-electron chi connectivity index (χ2n) is 6.36. The molecular formula is C20H20N2O4. The van der Waals surface area contributed by atoms with Crippen LogP contribution in [0.5, 0.6) is 0 Å². The number of amides is 2. The van der Waals surface area contributed by atoms with E-state index < -0.39 is 5.97 Å². The van der Waals surface area contributed by atoms with Crippen LogP contribution < -0.4 is 4.90 Å². The minimum Gasteiger partial charge on any atom is -0.478 e. The molecule has 26 heavy (non-hydrogen) atoms. The van der Waals surface area contributed by atoms with Gasteiger partial charge in [0.2, 0.25) is 11.8 Å². The molecule has 134 valence electrons. The molecule has 0 fully saturated rings. The molecule has 6 heteroatoms. The maximum Gasteiger partial charge on any atom is 0.335 e. The smallest absolute Gasteiger partial charge is 0.335 e. The number of aromatic carboxylic acids is 1. The summed E-state index contributed by atoms with van der Waals surface area (Å²) in [5, 5.41) is 8.93. The van der Waals surface area contributed by atoms with E-state index in [1.807, 2.05) is 24.3 Å². The molecule has 0 saturated carbocycles. The van der Waals surface area contributed by atoms with Crippen molar-refractivity contribution >= 4 is 23.5 Å². The van der Waals surface area contributed by atoms with Gasteiger partial charge in [-0.15, -0.1) is 0 Å². The fourth-order valence-corrected chi connectivity index (χ4v) is 3.04. The Balaban J connectivity index is 1.67. The molecule has 0 spiro atoms. The van der Waals surface area contributed by atoms with Gasteiger partial charge < -0.3 is 14.9 Å². The first-order chi connectivity index (χ1) is 12.5. The summed E-state index contributed by atoms with van der Waals surface area (Å²) < 4.78 is 0. The van der Waals surface area contributed by atoms with E-state index in [9.17, 15) is 14.4 Å². The van der Waals surface area contributed by atoms with Gasteiger partial charge in [0.1, 0.15) is 6.54 Å². The van der Waals surface area contributed by atoms with Gasteiger partial charge in [-0.2, -0.15) is 0 Å². The molecule has 1 aliphatic rings. The number of carbonyl (C=O) groups excluding carboxylic acids is 2. The van der Waals surface area contributed by atoms with Crippen molar-refractivity contribution in [1.29, 1.82) is 0 Å². The van der Waals surface area contributed by atoms with Crippen molar-refractivity contribution in [3.8, 4) is 0 Å². The topological polar surface area (TPSA) is 77.9 Å². The molecule has 0 saturated heterocycles. The number of likely N-dealkylation sites (N-methyl/N-ethyl adjacent to an activating group) is 1. The number of para-hydroxylation sites is 1. The van der Waals surface area contributed by atoms with Gasteiger partial charge in [-0.1, -0.05) is 30.3 Å². The van der Waals surface area contributed by atoms with E-state index in [0.29, 0.717) is 19.4 Å². The van der Waals surface area contributed by atoms with E-state index >= 15 is 0 Å². The van der Waals surface area contributed by atoms with E-state index in [-0.39, 0.29) is 23.9 Å². The lowest BCUT2D eigenvalue weighted by Gasteiger charge is -2.30. The van der Waals surface area contributed by atoms with E-state index in [1.54, 1.807) is 29.0 Å². The fourth-order valence-electron chi connectivity index (χ4n) is 3.04. The summed E-state index contributed by atoms with van der Waals surface area (Å²) in [6.07, 6.45) is 1.11. The summed E-state index contributed by atoms with van der Waals surface area (Å²) in [5.41, 5.74) is 2.91. The van der Waals surface area contributed by atoms with Crippen molar-refractivity contribution in [2.45, 2.75) is 19.4 Å². The lowest BCUT2D eigenvalue weighted by Crippen LogP contribution is -2.43. The van der Waals surface area contributed by atoms with Gasteiger partial charge in [0.15, 0.2) is 0 Å². The average molecular weight is 352 g/mol. The van der Waals surface area contributed by atoms with Crippen molar-refractivity contribution in [1.82, 2.24) is 4.90 Å². The molecule has 3 rings (SSSR count). The van der Waals surface area contributed by atoms with Gasteiger partial charge in [-0.05, 0) is 35.7 Å². The van der Waals surface area contributed by atoms with E-state index in [2.05, 4.69) is 0 Å². The van der Waals surface area contributed by atoms with Crippen molar-refractivity contribution in [3.05, 3.63) is 65.2 Å². The summed E-state index contributed by atoms with van der Waals surface area (Å²) in [5.74, 6) is -1.20. The number of hydrogen-bond acceptors (Lipinski definition) is 3. The number of carbonyl (C=O) groups is 3. The third-order valence-electron chi connectivity index (χ3n) is 4.53. The third kappa shape index (κ3) is 3.74. The Labute approximate surface area is 151 Å². The van der Waals surface area contributed by atoms with Crippen LogP contribution in [0.25, 0.3) is 0 Å². The molecule has 1 aliphatic heterocycles. The molecule has 1 N–H and O–H groups in total. The average Bonchev–Trinajstić information content (AvgIpc) is 2.64. The second-order valence-corrected chi connectivity index (χ2v) is 6.36. The third-order valence-corrected chi connectivity index (χ3v) is 4.53. The van der Waals surface area contributed by atoms with Crippen LogP contribution in [0, 0.1) is 0 Å². The van der Waals surface area contributed by atoms with Crippen LogP contribution in [0.1, 0.15) is 27.9 Å². The SMILES string of the molecule is CN(Cc1ccc(C(=O)O)cc1)C(=O)CN1C(=O)CCc2ccccc21. The van der Waals surface area contributed by atoms with Crippen molar-refractivity contribution < 1.29 is 19.5 Å². The molecule has 1 heterocycles. The quantitative estimate of drug-likeness (QED) is 0.896. The highest BCUT2D eigenvalue weighted by Gasteiger charge is 2.26. The first-order valence-corrected chi connectivity index (χ1v) is 8.40. The lowest BCUT2D eigenvalue weighted by molar-refractivity contribution is -0.130. The van der Waals surface area contributed by atoms with Crippen LogP contribution in [0.15, 0.2) is 48.5 Å². The summed E-state index contributed by atoms with van der Waals surface area (Å²) in [6.45, 7) is 0.349. The van der Waals surface area contributed by atoms with Crippen molar-refractivity contribution in [2.75, 3.05) is 18.5 Å². The zero-order chi connectivity index (χ0) is 18.7. The maximum atomic E-state index is 12.6. The first kappa shape index (κ1) is 17.7. The number of benzene rings is 2. The molecule has 0 atom stereocenters. The van der Waals surface area contributed by atoms with Gasteiger partial charge in [0, 0.05) is 25.7 Å². The largest absolute Gasteiger partial charge is 0.478 e. The van der Waals surface area contributed by atoms with Gasteiger partial charge >= 0.3 is 5.97 Å². The van der Waals surface area contributed by atoms with E-state index in [1.165, 1.54) is 12.1 Å². The molecule has 0 bridgehead atoms. The second kappa shape index (κ2) is 7.39. The minimum absolute atomic E-state index is 0.000440. The first-order valence-electron chi connectivity index (χ1n) is 8.40. The Bertz CT molecular complexity index is 845. The zero-order valence-electron chi connectivity index (χ0n) is 14.5. The molecule has 0 radical (unpaired) electrons. The Morgan fingerprint density at radius 2 is 1.77 bits per heavy atom. The Morgan fingerprint density at radius 3 is 2.46 bits per heavy atom. The highest BCUT2D eigenvalue weighted by Crippen LogP contribution is 2.27. The van der Waals surface area contributed by atoms with Crippen LogP contribution in [-0.4, -0.2) is 41.4 Å². The lowest BCUT2D eigenvalue weighted by atomic mass is 10.0. The molecule has 0 unspecified atom stereocenters. The number of carboxylic acid groups (broad SMARTS) is 1. The summed E-state index contributed by atoms with van der Waals surface area (Å²) >= 11 is 0.